The van der Waals surface area contributed by atoms with Gasteiger partial charge in [-0.25, -0.2) is 4.99 Å². The van der Waals surface area contributed by atoms with Gasteiger partial charge >= 0.3 is 0 Å². The van der Waals surface area contributed by atoms with Crippen LogP contribution in [0.3, 0.4) is 0 Å². The quantitative estimate of drug-likeness (QED) is 0.851. The monoisotopic (exact) mass is 268 g/mol. The van der Waals surface area contributed by atoms with Gasteiger partial charge in [0.15, 0.2) is 5.72 Å². The zero-order chi connectivity index (χ0) is 10.9. The molecule has 3 nitrogen and oxygen atoms in total. The van der Waals surface area contributed by atoms with E-state index in [0.717, 1.165) is 10.0 Å². The lowest BCUT2D eigenvalue weighted by Crippen LogP contribution is -2.34. The summed E-state index contributed by atoms with van der Waals surface area (Å²) in [4.78, 5) is 4.38. The number of hydrogen-bond acceptors (Lipinski definition) is 3. The van der Waals surface area contributed by atoms with E-state index in [2.05, 4.69) is 20.9 Å². The Kier molecular flexibility index (Phi) is 2.80. The van der Waals surface area contributed by atoms with Crippen molar-refractivity contribution in [1.82, 2.24) is 0 Å². The molecule has 15 heavy (non-hydrogen) atoms. The van der Waals surface area contributed by atoms with Gasteiger partial charge in [-0.05, 0) is 19.1 Å². The Morgan fingerprint density at radius 1 is 1.53 bits per heavy atom. The molecular formula is C11H13BrN2O. The number of nitrogens with zero attached hydrogens (tertiary/aromatic N) is 1. The molecule has 0 radical (unpaired) electrons. The molecule has 0 aliphatic carbocycles. The van der Waals surface area contributed by atoms with E-state index in [9.17, 15) is 0 Å². The standard InChI is InChI=1S/C11H13BrN2O/c1-11(14-10(13)5-6-15-11)8-3-2-4-9(12)7-8/h2-4,7H,5-6H2,1H3,(H2,13,14). The summed E-state index contributed by atoms with van der Waals surface area (Å²) in [7, 11) is 0. The number of rotatable bonds is 1. The van der Waals surface area contributed by atoms with Gasteiger partial charge in [-0.2, -0.15) is 0 Å². The van der Waals surface area contributed by atoms with E-state index in [-0.39, 0.29) is 0 Å². The highest BCUT2D eigenvalue weighted by Crippen LogP contribution is 2.31. The van der Waals surface area contributed by atoms with Gasteiger partial charge in [-0.15, -0.1) is 0 Å². The summed E-state index contributed by atoms with van der Waals surface area (Å²) in [5.74, 6) is 0.656. The second kappa shape index (κ2) is 3.94. The first-order valence-corrected chi connectivity index (χ1v) is 5.64. The Balaban J connectivity index is 2.41. The largest absolute Gasteiger partial charge is 0.387 e. The van der Waals surface area contributed by atoms with E-state index in [1.165, 1.54) is 0 Å². The maximum Gasteiger partial charge on any atom is 0.183 e. The predicted molar refractivity (Wildman–Crippen MR) is 63.7 cm³/mol. The molecule has 1 aromatic carbocycles. The molecule has 4 heteroatoms. The molecule has 80 valence electrons. The molecule has 0 amide bonds. The first kappa shape index (κ1) is 10.6. The van der Waals surface area contributed by atoms with Crippen LogP contribution >= 0.6 is 15.9 Å². The number of amidine groups is 1. The molecule has 1 atom stereocenters. The minimum Gasteiger partial charge on any atom is -0.387 e. The topological polar surface area (TPSA) is 47.6 Å². The number of nitrogens with two attached hydrogens (primary N) is 1. The molecule has 0 fully saturated rings. The molecule has 2 rings (SSSR count). The van der Waals surface area contributed by atoms with Crippen LogP contribution in [-0.2, 0) is 10.5 Å². The van der Waals surface area contributed by atoms with Crippen LogP contribution < -0.4 is 5.73 Å². The van der Waals surface area contributed by atoms with Crippen LogP contribution in [0.4, 0.5) is 0 Å². The minimum absolute atomic E-state index is 0.623. The van der Waals surface area contributed by atoms with Crippen molar-refractivity contribution in [2.45, 2.75) is 19.1 Å². The van der Waals surface area contributed by atoms with Crippen LogP contribution in [-0.4, -0.2) is 12.4 Å². The van der Waals surface area contributed by atoms with E-state index >= 15 is 0 Å². The van der Waals surface area contributed by atoms with Gasteiger partial charge in [0.1, 0.15) is 0 Å². The summed E-state index contributed by atoms with van der Waals surface area (Å²) in [6.45, 7) is 2.55. The van der Waals surface area contributed by atoms with Crippen molar-refractivity contribution in [3.05, 3.63) is 34.3 Å². The van der Waals surface area contributed by atoms with E-state index in [0.29, 0.717) is 18.9 Å². The smallest absolute Gasteiger partial charge is 0.183 e. The van der Waals surface area contributed by atoms with E-state index in [4.69, 9.17) is 10.5 Å². The molecule has 1 heterocycles. The molecule has 0 aromatic heterocycles. The van der Waals surface area contributed by atoms with Crippen molar-refractivity contribution in [3.63, 3.8) is 0 Å². The molecule has 1 aliphatic rings. The van der Waals surface area contributed by atoms with Gasteiger partial charge in [0.05, 0.1) is 12.4 Å². The third-order valence-electron chi connectivity index (χ3n) is 2.46. The number of ether oxygens (including phenoxy) is 1. The van der Waals surface area contributed by atoms with Crippen LogP contribution in [0.25, 0.3) is 0 Å². The van der Waals surface area contributed by atoms with Gasteiger partial charge in [-0.3, -0.25) is 0 Å². The van der Waals surface area contributed by atoms with Crippen molar-refractivity contribution in [1.29, 1.82) is 0 Å². The van der Waals surface area contributed by atoms with E-state index < -0.39 is 5.72 Å². The summed E-state index contributed by atoms with van der Waals surface area (Å²) in [5, 5.41) is 0. The Labute approximate surface area is 97.5 Å². The fourth-order valence-corrected chi connectivity index (χ4v) is 2.04. The summed E-state index contributed by atoms with van der Waals surface area (Å²) < 4.78 is 6.71. The molecule has 1 aromatic rings. The van der Waals surface area contributed by atoms with Gasteiger partial charge in [0.2, 0.25) is 0 Å². The number of benzene rings is 1. The third kappa shape index (κ3) is 2.21. The zero-order valence-electron chi connectivity index (χ0n) is 8.53. The maximum atomic E-state index is 5.74. The van der Waals surface area contributed by atoms with Crippen molar-refractivity contribution < 1.29 is 4.74 Å². The fourth-order valence-electron chi connectivity index (χ4n) is 1.64. The molecule has 0 bridgehead atoms. The Morgan fingerprint density at radius 3 is 3.00 bits per heavy atom. The summed E-state index contributed by atoms with van der Waals surface area (Å²) in [6, 6.07) is 7.94. The van der Waals surface area contributed by atoms with Crippen molar-refractivity contribution in [2.75, 3.05) is 6.61 Å². The normalized spacial score (nSPS) is 26.1. The Hall–Kier alpha value is -0.870. The SMILES string of the molecule is CC1(c2cccc(Br)c2)N=C(N)CCO1. The van der Waals surface area contributed by atoms with Gasteiger partial charge < -0.3 is 10.5 Å². The van der Waals surface area contributed by atoms with Crippen LogP contribution in [0.2, 0.25) is 0 Å². The van der Waals surface area contributed by atoms with Crippen LogP contribution in [0.5, 0.6) is 0 Å². The van der Waals surface area contributed by atoms with Crippen LogP contribution in [0.1, 0.15) is 18.9 Å². The highest BCUT2D eigenvalue weighted by Gasteiger charge is 2.29. The highest BCUT2D eigenvalue weighted by atomic mass is 79.9. The molecular weight excluding hydrogens is 256 g/mol. The number of hydrogen-bond donors (Lipinski definition) is 1. The second-order valence-electron chi connectivity index (χ2n) is 3.69. The molecule has 0 saturated carbocycles. The minimum atomic E-state index is -0.633. The fraction of sp³-hybridized carbons (Fsp3) is 0.364. The van der Waals surface area contributed by atoms with Crippen molar-refractivity contribution in [3.8, 4) is 0 Å². The average Bonchev–Trinajstić information content (AvgIpc) is 2.17. The van der Waals surface area contributed by atoms with Gasteiger partial charge in [0.25, 0.3) is 0 Å². The van der Waals surface area contributed by atoms with Gasteiger partial charge in [0, 0.05) is 16.5 Å². The van der Waals surface area contributed by atoms with Crippen LogP contribution in [0, 0.1) is 0 Å². The third-order valence-corrected chi connectivity index (χ3v) is 2.95. The lowest BCUT2D eigenvalue weighted by molar-refractivity contribution is -0.0345. The lowest BCUT2D eigenvalue weighted by atomic mass is 10.0. The molecule has 1 unspecified atom stereocenters. The first-order valence-electron chi connectivity index (χ1n) is 4.84. The second-order valence-corrected chi connectivity index (χ2v) is 4.61. The van der Waals surface area contributed by atoms with Crippen molar-refractivity contribution in [2.24, 2.45) is 10.7 Å². The highest BCUT2D eigenvalue weighted by molar-refractivity contribution is 9.10. The van der Waals surface area contributed by atoms with Gasteiger partial charge in [-0.1, -0.05) is 28.1 Å². The molecule has 1 aliphatic heterocycles. The van der Waals surface area contributed by atoms with E-state index in [1.807, 2.05) is 31.2 Å². The first-order chi connectivity index (χ1) is 7.10. The molecule has 0 spiro atoms. The molecule has 2 N–H and O–H groups in total. The van der Waals surface area contributed by atoms with Crippen LogP contribution in [0.15, 0.2) is 33.7 Å². The van der Waals surface area contributed by atoms with E-state index in [1.54, 1.807) is 0 Å². The predicted octanol–water partition coefficient (Wildman–Crippen LogP) is 2.40. The number of halogens is 1. The lowest BCUT2D eigenvalue weighted by Gasteiger charge is -2.30. The number of aliphatic imine (C=N–C) groups is 1. The average molecular weight is 269 g/mol. The Bertz CT molecular complexity index is 405. The zero-order valence-corrected chi connectivity index (χ0v) is 10.1. The molecule has 0 saturated heterocycles. The summed E-state index contributed by atoms with van der Waals surface area (Å²) >= 11 is 3.43. The maximum absolute atomic E-state index is 5.74. The summed E-state index contributed by atoms with van der Waals surface area (Å²) in [6.07, 6.45) is 0.712. The van der Waals surface area contributed by atoms with Crippen molar-refractivity contribution >= 4 is 21.8 Å². The summed E-state index contributed by atoms with van der Waals surface area (Å²) in [5.41, 5.74) is 6.12. The Morgan fingerprint density at radius 2 is 2.33 bits per heavy atom.